The highest BCUT2D eigenvalue weighted by atomic mass is 16.5. The fourth-order valence-corrected chi connectivity index (χ4v) is 3.40. The van der Waals surface area contributed by atoms with Gasteiger partial charge >= 0.3 is 5.97 Å². The number of rotatable bonds is 13. The summed E-state index contributed by atoms with van der Waals surface area (Å²) in [6, 6.07) is 7.46. The number of carboxylic acids is 1. The van der Waals surface area contributed by atoms with Gasteiger partial charge in [-0.15, -0.1) is 0 Å². The molecular weight excluding hydrogens is 446 g/mol. The molecule has 1 aromatic carbocycles. The number of hydroxylamine groups is 1. The first kappa shape index (κ1) is 26.4. The van der Waals surface area contributed by atoms with Gasteiger partial charge < -0.3 is 24.9 Å². The van der Waals surface area contributed by atoms with Gasteiger partial charge in [0.2, 0.25) is 11.8 Å². The smallest absolute Gasteiger partial charge is 0.339 e. The molecule has 2 aromatic rings. The summed E-state index contributed by atoms with van der Waals surface area (Å²) in [5.41, 5.74) is 1.85. The molecular formula is C23H29N3O8. The molecule has 3 amide bonds. The molecule has 0 spiro atoms. The summed E-state index contributed by atoms with van der Waals surface area (Å²) in [6.45, 7) is 1.82. The number of carbonyl (C=O) groups is 4. The van der Waals surface area contributed by atoms with Crippen LogP contribution in [0.15, 0.2) is 34.7 Å². The number of hydrogen-bond acceptors (Lipinski definition) is 7. The van der Waals surface area contributed by atoms with Gasteiger partial charge in [-0.3, -0.25) is 19.6 Å². The minimum absolute atomic E-state index is 0.0477. The monoisotopic (exact) mass is 475 g/mol. The highest BCUT2D eigenvalue weighted by molar-refractivity contribution is 5.95. The third-order valence-corrected chi connectivity index (χ3v) is 5.14. The van der Waals surface area contributed by atoms with Gasteiger partial charge in [-0.1, -0.05) is 32.3 Å². The van der Waals surface area contributed by atoms with Gasteiger partial charge in [0.25, 0.3) is 5.91 Å². The maximum Gasteiger partial charge on any atom is 0.339 e. The van der Waals surface area contributed by atoms with Crippen LogP contribution in [0, 0.1) is 5.92 Å². The molecule has 11 nitrogen and oxygen atoms in total. The van der Waals surface area contributed by atoms with Gasteiger partial charge in [0.05, 0.1) is 19.3 Å². The molecule has 1 heterocycles. The van der Waals surface area contributed by atoms with Gasteiger partial charge in [0.1, 0.15) is 17.1 Å². The SMILES string of the molecule is CCCCC[C@H](CC(=O)NO)C(=O)NCNC(=O)c1ccc(-c2cccc(C(=O)O)c2OC)o1. The third kappa shape index (κ3) is 7.07. The maximum atomic E-state index is 12.4. The molecule has 11 heteroatoms. The van der Waals surface area contributed by atoms with E-state index in [9.17, 15) is 24.3 Å². The van der Waals surface area contributed by atoms with Crippen molar-refractivity contribution in [2.24, 2.45) is 5.92 Å². The first-order valence-electron chi connectivity index (χ1n) is 10.8. The van der Waals surface area contributed by atoms with E-state index < -0.39 is 29.6 Å². The van der Waals surface area contributed by atoms with Crippen molar-refractivity contribution in [1.82, 2.24) is 16.1 Å². The van der Waals surface area contributed by atoms with Crippen LogP contribution in [0.5, 0.6) is 5.75 Å². The van der Waals surface area contributed by atoms with Crippen molar-refractivity contribution in [1.29, 1.82) is 0 Å². The first-order chi connectivity index (χ1) is 16.3. The van der Waals surface area contributed by atoms with Crippen LogP contribution in [-0.4, -0.2) is 47.8 Å². The Bertz CT molecular complexity index is 1020. The van der Waals surface area contributed by atoms with Gasteiger partial charge in [-0.05, 0) is 30.7 Å². The predicted octanol–water partition coefficient (Wildman–Crippen LogP) is 2.55. The summed E-state index contributed by atoms with van der Waals surface area (Å²) in [7, 11) is 1.34. The Kier molecular flexibility index (Phi) is 10.1. The number of hydrogen-bond donors (Lipinski definition) is 5. The lowest BCUT2D eigenvalue weighted by atomic mass is 9.96. The zero-order valence-corrected chi connectivity index (χ0v) is 19.1. The number of carbonyl (C=O) groups excluding carboxylic acids is 3. The average molecular weight is 475 g/mol. The fourth-order valence-electron chi connectivity index (χ4n) is 3.40. The molecule has 5 N–H and O–H groups in total. The molecule has 184 valence electrons. The number of para-hydroxylation sites is 1. The maximum absolute atomic E-state index is 12.4. The Morgan fingerprint density at radius 3 is 2.50 bits per heavy atom. The van der Waals surface area contributed by atoms with Crippen molar-refractivity contribution in [3.05, 3.63) is 41.7 Å². The molecule has 0 unspecified atom stereocenters. The average Bonchev–Trinajstić information content (AvgIpc) is 3.32. The minimum atomic E-state index is -1.16. The normalized spacial score (nSPS) is 11.4. The molecule has 2 rings (SSSR count). The molecule has 1 atom stereocenters. The molecule has 34 heavy (non-hydrogen) atoms. The van der Waals surface area contributed by atoms with E-state index >= 15 is 0 Å². The predicted molar refractivity (Wildman–Crippen MR) is 120 cm³/mol. The van der Waals surface area contributed by atoms with Crippen LogP contribution >= 0.6 is 0 Å². The zero-order chi connectivity index (χ0) is 25.1. The lowest BCUT2D eigenvalue weighted by molar-refractivity contribution is -0.135. The van der Waals surface area contributed by atoms with E-state index in [-0.39, 0.29) is 35.9 Å². The fraction of sp³-hybridized carbons (Fsp3) is 0.391. The number of amides is 3. The zero-order valence-electron chi connectivity index (χ0n) is 19.1. The molecule has 0 saturated heterocycles. The van der Waals surface area contributed by atoms with Crippen LogP contribution < -0.4 is 20.9 Å². The van der Waals surface area contributed by atoms with Crippen LogP contribution in [0.1, 0.15) is 59.9 Å². The summed E-state index contributed by atoms with van der Waals surface area (Å²) < 4.78 is 10.8. The van der Waals surface area contributed by atoms with Crippen LogP contribution in [0.25, 0.3) is 11.3 Å². The molecule has 0 bridgehead atoms. The van der Waals surface area contributed by atoms with E-state index in [0.29, 0.717) is 12.0 Å². The van der Waals surface area contributed by atoms with Crippen molar-refractivity contribution >= 4 is 23.7 Å². The van der Waals surface area contributed by atoms with Crippen LogP contribution in [0.4, 0.5) is 0 Å². The highest BCUT2D eigenvalue weighted by Crippen LogP contribution is 2.34. The van der Waals surface area contributed by atoms with Crippen molar-refractivity contribution in [3.63, 3.8) is 0 Å². The largest absolute Gasteiger partial charge is 0.495 e. The van der Waals surface area contributed by atoms with Gasteiger partial charge in [-0.2, -0.15) is 0 Å². The highest BCUT2D eigenvalue weighted by Gasteiger charge is 2.22. The number of carboxylic acid groups (broad SMARTS) is 1. The van der Waals surface area contributed by atoms with E-state index in [2.05, 4.69) is 10.6 Å². The summed E-state index contributed by atoms with van der Waals surface area (Å²) in [4.78, 5) is 47.8. The lowest BCUT2D eigenvalue weighted by Crippen LogP contribution is -2.41. The van der Waals surface area contributed by atoms with E-state index in [1.165, 1.54) is 36.9 Å². The van der Waals surface area contributed by atoms with E-state index in [4.69, 9.17) is 14.4 Å². The van der Waals surface area contributed by atoms with Crippen LogP contribution in [-0.2, 0) is 9.59 Å². The number of ether oxygens (including phenoxy) is 1. The number of benzene rings is 1. The minimum Gasteiger partial charge on any atom is -0.495 e. The molecule has 1 aromatic heterocycles. The van der Waals surface area contributed by atoms with Crippen molar-refractivity contribution in [3.8, 4) is 17.1 Å². The van der Waals surface area contributed by atoms with Crippen LogP contribution in [0.2, 0.25) is 0 Å². The molecule has 0 aliphatic heterocycles. The quantitative estimate of drug-likeness (QED) is 0.127. The lowest BCUT2D eigenvalue weighted by Gasteiger charge is -2.16. The first-order valence-corrected chi connectivity index (χ1v) is 10.8. The standard InChI is InChI=1S/C23H29N3O8/c1-3-4-5-7-14(12-19(27)26-32)21(28)24-13-25-22(29)18-11-10-17(34-18)15-8-6-9-16(23(30)31)20(15)33-2/h6,8-11,14,32H,3-5,7,12-13H2,1-2H3,(H,24,28)(H,25,29)(H,26,27)(H,30,31)/t14-/m1/s1. The Hall–Kier alpha value is -3.86. The molecule has 0 saturated carbocycles. The summed E-state index contributed by atoms with van der Waals surface area (Å²) in [6.07, 6.45) is 2.91. The molecule has 0 fully saturated rings. The Labute approximate surface area is 196 Å². The van der Waals surface area contributed by atoms with Crippen LogP contribution in [0.3, 0.4) is 0 Å². The second kappa shape index (κ2) is 13.0. The van der Waals surface area contributed by atoms with E-state index in [1.54, 1.807) is 6.07 Å². The summed E-state index contributed by atoms with van der Waals surface area (Å²) in [5.74, 6) is -3.20. The third-order valence-electron chi connectivity index (χ3n) is 5.14. The van der Waals surface area contributed by atoms with Crippen molar-refractivity contribution < 1.29 is 38.6 Å². The second-order valence-corrected chi connectivity index (χ2v) is 7.51. The van der Waals surface area contributed by atoms with Gasteiger partial charge in [0, 0.05) is 12.3 Å². The summed E-state index contributed by atoms with van der Waals surface area (Å²) in [5, 5.41) is 23.1. The second-order valence-electron chi connectivity index (χ2n) is 7.51. The topological polar surface area (TPSA) is 167 Å². The van der Waals surface area contributed by atoms with E-state index in [1.807, 2.05) is 6.92 Å². The Balaban J connectivity index is 2.00. The number of aromatic carboxylic acids is 1. The van der Waals surface area contributed by atoms with Gasteiger partial charge in [0.15, 0.2) is 5.76 Å². The van der Waals surface area contributed by atoms with Crippen molar-refractivity contribution in [2.45, 2.75) is 39.0 Å². The van der Waals surface area contributed by atoms with Gasteiger partial charge in [-0.25, -0.2) is 10.3 Å². The number of furan rings is 1. The Morgan fingerprint density at radius 2 is 1.85 bits per heavy atom. The molecule has 0 radical (unpaired) electrons. The van der Waals surface area contributed by atoms with E-state index in [0.717, 1.165) is 19.3 Å². The van der Waals surface area contributed by atoms with Crippen molar-refractivity contribution in [2.75, 3.05) is 13.8 Å². The molecule has 0 aliphatic rings. The number of nitrogens with one attached hydrogen (secondary N) is 3. The number of unbranched alkanes of at least 4 members (excludes halogenated alkanes) is 2. The summed E-state index contributed by atoms with van der Waals surface area (Å²) >= 11 is 0. The Morgan fingerprint density at radius 1 is 1.09 bits per heavy atom. The number of methoxy groups -OCH3 is 1. The molecule has 0 aliphatic carbocycles.